The van der Waals surface area contributed by atoms with Crippen LogP contribution in [0.15, 0.2) is 22.7 Å². The van der Waals surface area contributed by atoms with Gasteiger partial charge in [0.1, 0.15) is 0 Å². The maximum absolute atomic E-state index is 5.80. The minimum absolute atomic E-state index is 0.330. The summed E-state index contributed by atoms with van der Waals surface area (Å²) in [5.41, 5.74) is 2.40. The molecule has 0 bridgehead atoms. The fourth-order valence-corrected chi connectivity index (χ4v) is 3.12. The molecule has 0 amide bonds. The van der Waals surface area contributed by atoms with Crippen LogP contribution in [0.5, 0.6) is 0 Å². The van der Waals surface area contributed by atoms with Crippen molar-refractivity contribution < 1.29 is 4.74 Å². The zero-order chi connectivity index (χ0) is 14.0. The summed E-state index contributed by atoms with van der Waals surface area (Å²) in [5.74, 6) is 0. The third-order valence-electron chi connectivity index (χ3n) is 3.50. The van der Waals surface area contributed by atoms with Gasteiger partial charge in [0.25, 0.3) is 0 Å². The van der Waals surface area contributed by atoms with E-state index in [1.807, 2.05) is 0 Å². The van der Waals surface area contributed by atoms with Gasteiger partial charge in [-0.05, 0) is 44.9 Å². The predicted molar refractivity (Wildman–Crippen MR) is 85.1 cm³/mol. The number of halogens is 1. The Morgan fingerprint density at radius 3 is 2.42 bits per heavy atom. The molecule has 1 saturated heterocycles. The number of hydrogen-bond acceptors (Lipinski definition) is 3. The van der Waals surface area contributed by atoms with E-state index in [0.29, 0.717) is 18.2 Å². The maximum Gasteiger partial charge on any atom is 0.0597 e. The first kappa shape index (κ1) is 14.7. The fraction of sp³-hybridized carbons (Fsp3) is 0.600. The van der Waals surface area contributed by atoms with E-state index >= 15 is 0 Å². The molecular weight excluding hydrogens is 304 g/mol. The van der Waals surface area contributed by atoms with Gasteiger partial charge < -0.3 is 15.0 Å². The molecule has 0 spiro atoms. The molecule has 0 aromatic heterocycles. The molecule has 1 aliphatic rings. The van der Waals surface area contributed by atoms with Crippen molar-refractivity contribution in [2.45, 2.75) is 44.9 Å². The first-order valence-corrected chi connectivity index (χ1v) is 7.64. The Labute approximate surface area is 124 Å². The zero-order valence-electron chi connectivity index (χ0n) is 12.1. The van der Waals surface area contributed by atoms with Crippen molar-refractivity contribution in [1.29, 1.82) is 0 Å². The van der Waals surface area contributed by atoms with Crippen LogP contribution in [0.25, 0.3) is 0 Å². The molecule has 2 rings (SSSR count). The highest BCUT2D eigenvalue weighted by atomic mass is 79.9. The Balaban J connectivity index is 2.15. The lowest BCUT2D eigenvalue weighted by Gasteiger charge is -2.34. The number of nitrogens with one attached hydrogen (secondary N) is 1. The number of nitrogens with zero attached hydrogens (tertiary/aromatic N) is 1. The quantitative estimate of drug-likeness (QED) is 0.912. The number of anilines is 2. The number of benzene rings is 1. The Hall–Kier alpha value is -0.740. The SMILES string of the molecule is CC1CC(Nc2cc(Br)ccc2N(C)C)CC(C)O1. The van der Waals surface area contributed by atoms with E-state index in [1.165, 1.54) is 11.4 Å². The van der Waals surface area contributed by atoms with Gasteiger partial charge >= 0.3 is 0 Å². The molecule has 0 saturated carbocycles. The average Bonchev–Trinajstić information content (AvgIpc) is 2.26. The lowest BCUT2D eigenvalue weighted by Crippen LogP contribution is -2.37. The number of hydrogen-bond donors (Lipinski definition) is 1. The van der Waals surface area contributed by atoms with Crippen LogP contribution in [0.3, 0.4) is 0 Å². The Bertz CT molecular complexity index is 426. The molecule has 2 atom stereocenters. The molecular formula is C15H23BrN2O. The highest BCUT2D eigenvalue weighted by molar-refractivity contribution is 9.10. The standard InChI is InChI=1S/C15H23BrN2O/c1-10-7-13(8-11(2)19-10)17-14-9-12(16)5-6-15(14)18(3)4/h5-6,9-11,13,17H,7-8H2,1-4H3. The highest BCUT2D eigenvalue weighted by Crippen LogP contribution is 2.31. The molecule has 0 aliphatic carbocycles. The second-order valence-corrected chi connectivity index (χ2v) is 6.54. The summed E-state index contributed by atoms with van der Waals surface area (Å²) < 4.78 is 6.90. The Kier molecular flexibility index (Phi) is 4.74. The lowest BCUT2D eigenvalue weighted by atomic mass is 9.99. The van der Waals surface area contributed by atoms with Crippen molar-refractivity contribution in [3.8, 4) is 0 Å². The molecule has 1 aromatic rings. The molecule has 1 aromatic carbocycles. The smallest absolute Gasteiger partial charge is 0.0597 e. The van der Waals surface area contributed by atoms with Crippen LogP contribution in [0.4, 0.5) is 11.4 Å². The van der Waals surface area contributed by atoms with Gasteiger partial charge in [0.15, 0.2) is 0 Å². The monoisotopic (exact) mass is 326 g/mol. The van der Waals surface area contributed by atoms with Crippen molar-refractivity contribution in [2.24, 2.45) is 0 Å². The minimum Gasteiger partial charge on any atom is -0.380 e. The predicted octanol–water partition coefficient (Wildman–Crippen LogP) is 3.88. The molecule has 1 aliphatic heterocycles. The van der Waals surface area contributed by atoms with Crippen LogP contribution in [-0.4, -0.2) is 32.3 Å². The molecule has 0 radical (unpaired) electrons. The number of rotatable bonds is 3. The first-order valence-electron chi connectivity index (χ1n) is 6.84. The van der Waals surface area contributed by atoms with Crippen LogP contribution in [0.1, 0.15) is 26.7 Å². The van der Waals surface area contributed by atoms with Crippen LogP contribution in [0, 0.1) is 0 Å². The summed E-state index contributed by atoms with van der Waals surface area (Å²) in [6, 6.07) is 6.85. The van der Waals surface area contributed by atoms with E-state index in [0.717, 1.165) is 17.3 Å². The summed E-state index contributed by atoms with van der Waals surface area (Å²) in [5, 5.41) is 3.68. The van der Waals surface area contributed by atoms with Crippen LogP contribution in [-0.2, 0) is 4.74 Å². The summed E-state index contributed by atoms with van der Waals surface area (Å²) in [7, 11) is 4.15. The van der Waals surface area contributed by atoms with Crippen LogP contribution >= 0.6 is 15.9 Å². The Morgan fingerprint density at radius 1 is 1.21 bits per heavy atom. The summed E-state index contributed by atoms with van der Waals surface area (Å²) in [4.78, 5) is 2.14. The third-order valence-corrected chi connectivity index (χ3v) is 3.99. The van der Waals surface area contributed by atoms with Gasteiger partial charge in [-0.2, -0.15) is 0 Å². The maximum atomic E-state index is 5.80. The van der Waals surface area contributed by atoms with Gasteiger partial charge in [0.05, 0.1) is 23.6 Å². The summed E-state index contributed by atoms with van der Waals surface area (Å²) in [6.07, 6.45) is 2.78. The molecule has 2 unspecified atom stereocenters. The van der Waals surface area contributed by atoms with Crippen molar-refractivity contribution >= 4 is 27.3 Å². The molecule has 19 heavy (non-hydrogen) atoms. The summed E-state index contributed by atoms with van der Waals surface area (Å²) >= 11 is 3.55. The zero-order valence-corrected chi connectivity index (χ0v) is 13.7. The van der Waals surface area contributed by atoms with E-state index in [1.54, 1.807) is 0 Å². The van der Waals surface area contributed by atoms with Gasteiger partial charge in [-0.25, -0.2) is 0 Å². The van der Waals surface area contributed by atoms with Gasteiger partial charge in [0.2, 0.25) is 0 Å². The molecule has 1 fully saturated rings. The first-order chi connectivity index (χ1) is 8.95. The fourth-order valence-electron chi connectivity index (χ4n) is 2.76. The normalized spacial score (nSPS) is 27.1. The molecule has 4 heteroatoms. The minimum atomic E-state index is 0.330. The second kappa shape index (κ2) is 6.14. The lowest BCUT2D eigenvalue weighted by molar-refractivity contribution is -0.0337. The van der Waals surface area contributed by atoms with Crippen LogP contribution < -0.4 is 10.2 Å². The van der Waals surface area contributed by atoms with Crippen LogP contribution in [0.2, 0.25) is 0 Å². The van der Waals surface area contributed by atoms with Gasteiger partial charge in [-0.1, -0.05) is 15.9 Å². The molecule has 106 valence electrons. The van der Waals surface area contributed by atoms with E-state index in [4.69, 9.17) is 4.74 Å². The molecule has 1 heterocycles. The Morgan fingerprint density at radius 2 is 1.84 bits per heavy atom. The number of ether oxygens (including phenoxy) is 1. The third kappa shape index (κ3) is 3.86. The van der Waals surface area contributed by atoms with E-state index in [2.05, 4.69) is 72.3 Å². The van der Waals surface area contributed by atoms with Crippen molar-refractivity contribution in [3.05, 3.63) is 22.7 Å². The topological polar surface area (TPSA) is 24.5 Å². The summed E-state index contributed by atoms with van der Waals surface area (Å²) in [6.45, 7) is 4.30. The largest absolute Gasteiger partial charge is 0.380 e. The highest BCUT2D eigenvalue weighted by Gasteiger charge is 2.24. The average molecular weight is 327 g/mol. The van der Waals surface area contributed by atoms with Gasteiger partial charge in [-0.3, -0.25) is 0 Å². The van der Waals surface area contributed by atoms with Crippen molar-refractivity contribution in [1.82, 2.24) is 0 Å². The van der Waals surface area contributed by atoms with Crippen molar-refractivity contribution in [2.75, 3.05) is 24.3 Å². The van der Waals surface area contributed by atoms with Crippen molar-refractivity contribution in [3.63, 3.8) is 0 Å². The van der Waals surface area contributed by atoms with E-state index in [9.17, 15) is 0 Å². The van der Waals surface area contributed by atoms with Gasteiger partial charge in [0, 0.05) is 24.6 Å². The molecule has 1 N–H and O–H groups in total. The molecule has 3 nitrogen and oxygen atoms in total. The van der Waals surface area contributed by atoms with E-state index in [-0.39, 0.29) is 0 Å². The second-order valence-electron chi connectivity index (χ2n) is 5.63. The van der Waals surface area contributed by atoms with Gasteiger partial charge in [-0.15, -0.1) is 0 Å². The van der Waals surface area contributed by atoms with E-state index < -0.39 is 0 Å².